The van der Waals surface area contributed by atoms with Crippen LogP contribution in [-0.2, 0) is 21.3 Å². The molecule has 0 aliphatic heterocycles. The number of nitriles is 1. The third-order valence-corrected chi connectivity index (χ3v) is 7.63. The molecule has 0 radical (unpaired) electrons. The van der Waals surface area contributed by atoms with Gasteiger partial charge in [-0.15, -0.1) is 11.3 Å². The molecule has 1 amide bonds. The lowest BCUT2D eigenvalue weighted by atomic mass is 9.96. The Hall–Kier alpha value is -4.75. The number of nitrogens with one attached hydrogen (secondary N) is 1. The SMILES string of the molecule is CCOC(=O)c1sc(NC(=O)C(C)OC(=O)c2c(-c3ccc(C)cc3)c3ccccc3c(=O)n2C)c(C#N)c1C. The second-order valence-corrected chi connectivity index (χ2v) is 10.1. The van der Waals surface area contributed by atoms with E-state index in [-0.39, 0.29) is 33.3 Å². The Morgan fingerprint density at radius 1 is 1.05 bits per heavy atom. The molecule has 40 heavy (non-hydrogen) atoms. The average Bonchev–Trinajstić information content (AvgIpc) is 3.25. The van der Waals surface area contributed by atoms with Crippen LogP contribution in [0.25, 0.3) is 21.9 Å². The molecule has 4 aromatic rings. The molecule has 10 heteroatoms. The Morgan fingerprint density at radius 2 is 1.70 bits per heavy atom. The molecular formula is C30H27N3O6S. The lowest BCUT2D eigenvalue weighted by Gasteiger charge is -2.19. The van der Waals surface area contributed by atoms with Crippen LogP contribution in [0.1, 0.15) is 50.7 Å². The standard InChI is InChI=1S/C30H27N3O6S/c1-6-38-30(37)25-17(3)22(15-31)27(40-25)32-26(34)18(4)39-29(36)24-23(19-13-11-16(2)12-14-19)20-9-7-8-10-21(20)28(35)33(24)5/h7-14,18H,6H2,1-5H3,(H,32,34). The molecule has 0 saturated heterocycles. The number of benzene rings is 2. The lowest BCUT2D eigenvalue weighted by Crippen LogP contribution is -2.32. The van der Waals surface area contributed by atoms with Crippen molar-refractivity contribution in [3.8, 4) is 17.2 Å². The number of ether oxygens (including phenoxy) is 2. The highest BCUT2D eigenvalue weighted by atomic mass is 32.1. The molecule has 1 unspecified atom stereocenters. The van der Waals surface area contributed by atoms with Gasteiger partial charge in [-0.2, -0.15) is 5.26 Å². The number of nitrogens with zero attached hydrogens (tertiary/aromatic N) is 2. The van der Waals surface area contributed by atoms with Gasteiger partial charge < -0.3 is 19.4 Å². The molecule has 0 saturated carbocycles. The minimum Gasteiger partial charge on any atom is -0.462 e. The lowest BCUT2D eigenvalue weighted by molar-refractivity contribution is -0.123. The van der Waals surface area contributed by atoms with E-state index in [0.29, 0.717) is 27.5 Å². The topological polar surface area (TPSA) is 127 Å². The summed E-state index contributed by atoms with van der Waals surface area (Å²) in [6.07, 6.45) is -1.29. The number of carbonyl (C=O) groups is 3. The van der Waals surface area contributed by atoms with Crippen molar-refractivity contribution in [1.29, 1.82) is 5.26 Å². The fraction of sp³-hybridized carbons (Fsp3) is 0.233. The number of hydrogen-bond donors (Lipinski definition) is 1. The molecule has 4 rings (SSSR count). The summed E-state index contributed by atoms with van der Waals surface area (Å²) >= 11 is 0.912. The van der Waals surface area contributed by atoms with Gasteiger partial charge >= 0.3 is 11.9 Å². The summed E-state index contributed by atoms with van der Waals surface area (Å²) in [7, 11) is 1.48. The summed E-state index contributed by atoms with van der Waals surface area (Å²) in [5, 5.41) is 13.4. The average molecular weight is 558 g/mol. The predicted molar refractivity (Wildman–Crippen MR) is 153 cm³/mol. The largest absolute Gasteiger partial charge is 0.462 e. The number of esters is 2. The van der Waals surface area contributed by atoms with Crippen molar-refractivity contribution >= 4 is 45.0 Å². The van der Waals surface area contributed by atoms with E-state index in [9.17, 15) is 24.4 Å². The van der Waals surface area contributed by atoms with Crippen LogP contribution in [0.2, 0.25) is 0 Å². The van der Waals surface area contributed by atoms with Crippen molar-refractivity contribution < 1.29 is 23.9 Å². The van der Waals surface area contributed by atoms with E-state index >= 15 is 0 Å². The minimum absolute atomic E-state index is 0.00137. The Kier molecular flexibility index (Phi) is 8.16. The molecule has 0 fully saturated rings. The first-order chi connectivity index (χ1) is 19.1. The summed E-state index contributed by atoms with van der Waals surface area (Å²) in [5.74, 6) is -2.16. The van der Waals surface area contributed by atoms with Gasteiger partial charge in [0.15, 0.2) is 6.10 Å². The van der Waals surface area contributed by atoms with E-state index < -0.39 is 23.9 Å². The summed E-state index contributed by atoms with van der Waals surface area (Å²) in [6, 6.07) is 16.5. The second kappa shape index (κ2) is 11.6. The van der Waals surface area contributed by atoms with E-state index in [1.165, 1.54) is 18.5 Å². The zero-order valence-electron chi connectivity index (χ0n) is 22.7. The molecular weight excluding hydrogens is 530 g/mol. The molecule has 0 aliphatic rings. The van der Waals surface area contributed by atoms with Crippen LogP contribution in [0.4, 0.5) is 5.00 Å². The maximum Gasteiger partial charge on any atom is 0.356 e. The Balaban J connectivity index is 1.69. The van der Waals surface area contributed by atoms with Gasteiger partial charge in [0, 0.05) is 18.0 Å². The van der Waals surface area contributed by atoms with Crippen LogP contribution in [0.5, 0.6) is 0 Å². The van der Waals surface area contributed by atoms with Crippen molar-refractivity contribution in [2.24, 2.45) is 7.05 Å². The van der Waals surface area contributed by atoms with Gasteiger partial charge in [-0.25, -0.2) is 9.59 Å². The Morgan fingerprint density at radius 3 is 2.33 bits per heavy atom. The monoisotopic (exact) mass is 557 g/mol. The van der Waals surface area contributed by atoms with Gasteiger partial charge in [-0.3, -0.25) is 9.59 Å². The van der Waals surface area contributed by atoms with Crippen LogP contribution in [0.3, 0.4) is 0 Å². The fourth-order valence-corrected chi connectivity index (χ4v) is 5.38. The smallest absolute Gasteiger partial charge is 0.356 e. The highest BCUT2D eigenvalue weighted by Crippen LogP contribution is 2.34. The number of amides is 1. The van der Waals surface area contributed by atoms with Gasteiger partial charge in [0.05, 0.1) is 12.2 Å². The van der Waals surface area contributed by atoms with Crippen molar-refractivity contribution in [2.45, 2.75) is 33.8 Å². The van der Waals surface area contributed by atoms with E-state index in [1.54, 1.807) is 38.1 Å². The highest BCUT2D eigenvalue weighted by molar-refractivity contribution is 7.18. The van der Waals surface area contributed by atoms with Crippen LogP contribution in [0, 0.1) is 25.2 Å². The molecule has 1 atom stereocenters. The molecule has 0 aliphatic carbocycles. The zero-order chi connectivity index (χ0) is 29.1. The van der Waals surface area contributed by atoms with Gasteiger partial charge in [0.25, 0.3) is 11.5 Å². The Bertz CT molecular complexity index is 1740. The molecule has 2 aromatic heterocycles. The molecule has 2 heterocycles. The molecule has 9 nitrogen and oxygen atoms in total. The first kappa shape index (κ1) is 28.3. The number of aryl methyl sites for hydroxylation is 1. The minimum atomic E-state index is -1.29. The number of carbonyl (C=O) groups excluding carboxylic acids is 3. The van der Waals surface area contributed by atoms with Crippen LogP contribution >= 0.6 is 11.3 Å². The van der Waals surface area contributed by atoms with Crippen LogP contribution in [0.15, 0.2) is 53.3 Å². The number of anilines is 1. The number of hydrogen-bond acceptors (Lipinski definition) is 8. The summed E-state index contributed by atoms with van der Waals surface area (Å²) in [6.45, 7) is 6.75. The quantitative estimate of drug-likeness (QED) is 0.313. The molecule has 0 spiro atoms. The second-order valence-electron chi connectivity index (χ2n) is 9.13. The number of fused-ring (bicyclic) bond motifs is 1. The summed E-state index contributed by atoms with van der Waals surface area (Å²) in [4.78, 5) is 52.2. The maximum absolute atomic E-state index is 13.6. The third kappa shape index (κ3) is 5.24. The third-order valence-electron chi connectivity index (χ3n) is 6.45. The number of thiophene rings is 1. The van der Waals surface area contributed by atoms with Gasteiger partial charge in [0.1, 0.15) is 21.6 Å². The van der Waals surface area contributed by atoms with Crippen LogP contribution in [-0.4, -0.2) is 35.1 Å². The van der Waals surface area contributed by atoms with Gasteiger partial charge in [-0.05, 0) is 50.3 Å². The highest BCUT2D eigenvalue weighted by Gasteiger charge is 2.28. The number of rotatable bonds is 7. The number of pyridine rings is 1. The van der Waals surface area contributed by atoms with E-state index in [2.05, 4.69) is 5.32 Å². The predicted octanol–water partition coefficient (Wildman–Crippen LogP) is 5.12. The van der Waals surface area contributed by atoms with Crippen molar-refractivity contribution in [3.05, 3.63) is 86.1 Å². The molecule has 0 bridgehead atoms. The van der Waals surface area contributed by atoms with E-state index in [1.807, 2.05) is 37.3 Å². The maximum atomic E-state index is 13.6. The summed E-state index contributed by atoms with van der Waals surface area (Å²) in [5.41, 5.74) is 2.38. The normalized spacial score (nSPS) is 11.5. The molecule has 204 valence electrons. The number of aromatic nitrogens is 1. The zero-order valence-corrected chi connectivity index (χ0v) is 23.5. The van der Waals surface area contributed by atoms with E-state index in [0.717, 1.165) is 16.9 Å². The first-order valence-electron chi connectivity index (χ1n) is 12.5. The molecule has 1 N–H and O–H groups in total. The van der Waals surface area contributed by atoms with Crippen molar-refractivity contribution in [1.82, 2.24) is 4.57 Å². The van der Waals surface area contributed by atoms with Gasteiger partial charge in [0.2, 0.25) is 0 Å². The Labute approximate surface area is 234 Å². The van der Waals surface area contributed by atoms with Crippen molar-refractivity contribution in [2.75, 3.05) is 11.9 Å². The van der Waals surface area contributed by atoms with Crippen molar-refractivity contribution in [3.63, 3.8) is 0 Å². The first-order valence-corrected chi connectivity index (χ1v) is 13.3. The fourth-order valence-electron chi connectivity index (χ4n) is 4.33. The molecule has 2 aromatic carbocycles. The van der Waals surface area contributed by atoms with E-state index in [4.69, 9.17) is 9.47 Å². The summed E-state index contributed by atoms with van der Waals surface area (Å²) < 4.78 is 11.8. The van der Waals surface area contributed by atoms with Crippen LogP contribution < -0.4 is 10.9 Å². The van der Waals surface area contributed by atoms with Gasteiger partial charge in [-0.1, -0.05) is 48.0 Å².